The smallest absolute Gasteiger partial charge is 0.305 e. The minimum Gasteiger partial charge on any atom is -0.466 e. The van der Waals surface area contributed by atoms with Gasteiger partial charge in [0, 0.05) is 12.8 Å². The minimum atomic E-state index is -0.851. The van der Waals surface area contributed by atoms with E-state index in [0.717, 1.165) is 70.6 Å². The average molecular weight is 790 g/mol. The molecule has 2 atom stereocenters. The molecule has 0 aliphatic rings. The molecule has 0 saturated heterocycles. The Hall–Kier alpha value is -1.66. The van der Waals surface area contributed by atoms with Crippen molar-refractivity contribution in [2.45, 2.75) is 270 Å². The van der Waals surface area contributed by atoms with E-state index in [9.17, 15) is 19.8 Å². The van der Waals surface area contributed by atoms with Crippen molar-refractivity contribution in [2.75, 3.05) is 13.2 Å². The Balaban J connectivity index is 3.46. The Morgan fingerprint density at radius 1 is 0.482 bits per heavy atom. The van der Waals surface area contributed by atoms with Crippen LogP contribution in [0.4, 0.5) is 0 Å². The number of carbonyl (C=O) groups excluding carboxylic acids is 2. The number of aliphatic hydroxyl groups is 2. The van der Waals surface area contributed by atoms with Crippen molar-refractivity contribution in [1.29, 1.82) is 0 Å². The standard InChI is InChI=1S/C50H95NO5/c1-3-5-7-9-11-13-14-15-17-21-24-28-32-36-40-44-50(55)56-45-41-37-33-29-25-22-19-16-18-20-23-27-31-35-39-43-49(54)51-47(46-52)48(53)42-38-34-30-26-12-10-8-6-4-2/h19,22,38,42,47-48,52-53H,3-18,20-21,23-37,39-41,43-46H2,1-2H3,(H,51,54)/b22-19-,42-38+. The first-order chi connectivity index (χ1) is 27.5. The quantitative estimate of drug-likeness (QED) is 0.0324. The summed E-state index contributed by atoms with van der Waals surface area (Å²) in [5.74, 6) is -0.0955. The second-order valence-electron chi connectivity index (χ2n) is 16.8. The van der Waals surface area contributed by atoms with E-state index in [0.29, 0.717) is 19.4 Å². The van der Waals surface area contributed by atoms with Crippen LogP contribution in [0.5, 0.6) is 0 Å². The van der Waals surface area contributed by atoms with Gasteiger partial charge in [0.2, 0.25) is 5.91 Å². The van der Waals surface area contributed by atoms with Crippen molar-refractivity contribution in [2.24, 2.45) is 0 Å². The Bertz CT molecular complexity index is 874. The number of esters is 1. The van der Waals surface area contributed by atoms with Crippen molar-refractivity contribution >= 4 is 11.9 Å². The number of allylic oxidation sites excluding steroid dienone is 3. The monoisotopic (exact) mass is 790 g/mol. The first-order valence-electron chi connectivity index (χ1n) is 24.6. The van der Waals surface area contributed by atoms with Gasteiger partial charge in [-0.15, -0.1) is 0 Å². The predicted molar refractivity (Wildman–Crippen MR) is 241 cm³/mol. The zero-order valence-electron chi connectivity index (χ0n) is 37.4. The summed E-state index contributed by atoms with van der Waals surface area (Å²) in [6.07, 6.45) is 53.2. The summed E-state index contributed by atoms with van der Waals surface area (Å²) in [6.45, 7) is 4.84. The average Bonchev–Trinajstić information content (AvgIpc) is 3.20. The maximum atomic E-state index is 12.3. The van der Waals surface area contributed by atoms with Crippen molar-refractivity contribution in [3.05, 3.63) is 24.3 Å². The predicted octanol–water partition coefficient (Wildman–Crippen LogP) is 14.3. The first kappa shape index (κ1) is 54.3. The van der Waals surface area contributed by atoms with E-state index in [1.807, 2.05) is 6.08 Å². The van der Waals surface area contributed by atoms with E-state index in [2.05, 4.69) is 31.3 Å². The zero-order valence-corrected chi connectivity index (χ0v) is 37.4. The van der Waals surface area contributed by atoms with Gasteiger partial charge in [-0.1, -0.05) is 212 Å². The Morgan fingerprint density at radius 2 is 0.839 bits per heavy atom. The molecule has 0 spiro atoms. The maximum Gasteiger partial charge on any atom is 0.305 e. The summed E-state index contributed by atoms with van der Waals surface area (Å²) in [6, 6.07) is -0.636. The number of unbranched alkanes of at least 4 members (excludes halogenated alkanes) is 32. The molecule has 0 aromatic heterocycles. The molecule has 0 heterocycles. The number of carbonyl (C=O) groups is 2. The van der Waals surface area contributed by atoms with Crippen LogP contribution >= 0.6 is 0 Å². The molecule has 2 unspecified atom stereocenters. The molecule has 0 fully saturated rings. The van der Waals surface area contributed by atoms with Gasteiger partial charge in [-0.05, 0) is 57.8 Å². The van der Waals surface area contributed by atoms with Crippen LogP contribution in [-0.4, -0.2) is 47.4 Å². The van der Waals surface area contributed by atoms with Gasteiger partial charge >= 0.3 is 5.97 Å². The number of amides is 1. The lowest BCUT2D eigenvalue weighted by Gasteiger charge is -2.20. The summed E-state index contributed by atoms with van der Waals surface area (Å²) in [5.41, 5.74) is 0. The largest absolute Gasteiger partial charge is 0.466 e. The third kappa shape index (κ3) is 42.0. The van der Waals surface area contributed by atoms with Gasteiger partial charge in [-0.3, -0.25) is 9.59 Å². The Labute approximate surface area is 348 Å². The number of rotatable bonds is 45. The van der Waals surface area contributed by atoms with Crippen LogP contribution in [0, 0.1) is 0 Å². The van der Waals surface area contributed by atoms with E-state index in [-0.39, 0.29) is 18.5 Å². The van der Waals surface area contributed by atoms with Crippen LogP contribution in [-0.2, 0) is 14.3 Å². The molecule has 0 bridgehead atoms. The Kier molecular flexibility index (Phi) is 44.7. The molecule has 0 saturated carbocycles. The zero-order chi connectivity index (χ0) is 40.8. The molecule has 0 aliphatic carbocycles. The van der Waals surface area contributed by atoms with Gasteiger partial charge in [0.1, 0.15) is 0 Å². The van der Waals surface area contributed by atoms with Gasteiger partial charge in [-0.25, -0.2) is 0 Å². The summed E-state index contributed by atoms with van der Waals surface area (Å²) >= 11 is 0. The third-order valence-corrected chi connectivity index (χ3v) is 11.2. The maximum absolute atomic E-state index is 12.3. The highest BCUT2D eigenvalue weighted by molar-refractivity contribution is 5.76. The number of hydrogen-bond donors (Lipinski definition) is 3. The van der Waals surface area contributed by atoms with E-state index < -0.39 is 12.1 Å². The lowest BCUT2D eigenvalue weighted by Crippen LogP contribution is -2.45. The van der Waals surface area contributed by atoms with Crippen molar-refractivity contribution in [3.63, 3.8) is 0 Å². The fraction of sp³-hybridized carbons (Fsp3) is 0.880. The molecule has 0 aliphatic heterocycles. The van der Waals surface area contributed by atoms with Crippen molar-refractivity contribution in [1.82, 2.24) is 5.32 Å². The molecule has 0 aromatic rings. The second kappa shape index (κ2) is 46.0. The fourth-order valence-electron chi connectivity index (χ4n) is 7.39. The van der Waals surface area contributed by atoms with E-state index in [4.69, 9.17) is 4.74 Å². The lowest BCUT2D eigenvalue weighted by molar-refractivity contribution is -0.143. The summed E-state index contributed by atoms with van der Waals surface area (Å²) in [7, 11) is 0. The van der Waals surface area contributed by atoms with Gasteiger partial charge in [0.05, 0.1) is 25.4 Å². The van der Waals surface area contributed by atoms with Gasteiger partial charge in [0.15, 0.2) is 0 Å². The topological polar surface area (TPSA) is 95.9 Å². The molecule has 330 valence electrons. The highest BCUT2D eigenvalue weighted by Crippen LogP contribution is 2.15. The molecule has 3 N–H and O–H groups in total. The van der Waals surface area contributed by atoms with E-state index >= 15 is 0 Å². The van der Waals surface area contributed by atoms with E-state index in [1.54, 1.807) is 6.08 Å². The highest BCUT2D eigenvalue weighted by Gasteiger charge is 2.18. The molecule has 0 radical (unpaired) electrons. The van der Waals surface area contributed by atoms with Crippen LogP contribution in [0.25, 0.3) is 0 Å². The number of nitrogens with one attached hydrogen (secondary N) is 1. The van der Waals surface area contributed by atoms with Crippen LogP contribution in [0.1, 0.15) is 258 Å². The van der Waals surface area contributed by atoms with Crippen LogP contribution in [0.15, 0.2) is 24.3 Å². The number of ether oxygens (including phenoxy) is 1. The minimum absolute atomic E-state index is 0.00919. The van der Waals surface area contributed by atoms with Gasteiger partial charge in [-0.2, -0.15) is 0 Å². The second-order valence-corrected chi connectivity index (χ2v) is 16.8. The first-order valence-corrected chi connectivity index (χ1v) is 24.6. The normalized spacial score (nSPS) is 12.9. The molecule has 56 heavy (non-hydrogen) atoms. The lowest BCUT2D eigenvalue weighted by atomic mass is 10.0. The molecule has 6 heteroatoms. The molecule has 1 amide bonds. The highest BCUT2D eigenvalue weighted by atomic mass is 16.5. The van der Waals surface area contributed by atoms with Crippen molar-refractivity contribution in [3.8, 4) is 0 Å². The summed E-state index contributed by atoms with van der Waals surface area (Å²) in [4.78, 5) is 24.4. The SMILES string of the molecule is CCCCCCCCC/C=C/C(O)C(CO)NC(=O)CCCCCCCCC/C=C\CCCCCCOC(=O)CCCCCCCCCCCCCCCCC. The molecule has 6 nitrogen and oxygen atoms in total. The molecular weight excluding hydrogens is 695 g/mol. The van der Waals surface area contributed by atoms with Gasteiger partial charge in [0.25, 0.3) is 0 Å². The van der Waals surface area contributed by atoms with Gasteiger partial charge < -0.3 is 20.3 Å². The fourth-order valence-corrected chi connectivity index (χ4v) is 7.39. The van der Waals surface area contributed by atoms with Crippen molar-refractivity contribution < 1.29 is 24.5 Å². The Morgan fingerprint density at radius 3 is 1.27 bits per heavy atom. The third-order valence-electron chi connectivity index (χ3n) is 11.2. The molecule has 0 rings (SSSR count). The number of aliphatic hydroxyl groups excluding tert-OH is 2. The summed E-state index contributed by atoms with van der Waals surface area (Å²) < 4.78 is 5.45. The van der Waals surface area contributed by atoms with E-state index in [1.165, 1.54) is 161 Å². The van der Waals surface area contributed by atoms with Crippen LogP contribution in [0.2, 0.25) is 0 Å². The van der Waals surface area contributed by atoms with Crippen LogP contribution < -0.4 is 5.32 Å². The molecular formula is C50H95NO5. The number of hydrogen-bond acceptors (Lipinski definition) is 5. The van der Waals surface area contributed by atoms with Crippen LogP contribution in [0.3, 0.4) is 0 Å². The molecule has 0 aromatic carbocycles. The summed E-state index contributed by atoms with van der Waals surface area (Å²) in [5, 5.41) is 22.9.